The number of hydrogen-bond acceptors (Lipinski definition) is 15. The maximum absolute atomic E-state index is 14.9. The van der Waals surface area contributed by atoms with E-state index in [1.807, 2.05) is 32.9 Å². The number of amides is 6. The number of esters is 2. The summed E-state index contributed by atoms with van der Waals surface area (Å²) in [6.45, 7) is 9.17. The molecule has 1 unspecified atom stereocenters. The van der Waals surface area contributed by atoms with Gasteiger partial charge < -0.3 is 58.2 Å². The minimum atomic E-state index is -1.49. The number of likely N-dealkylation sites (N-methyl/N-ethyl adjacent to an activating group) is 3. The second-order valence-corrected chi connectivity index (χ2v) is 22.9. The number of carbonyl (C=O) groups excluding carboxylic acids is 9. The topological polar surface area (TPSA) is 237 Å². The lowest BCUT2D eigenvalue weighted by Crippen LogP contribution is -2.58. The second-order valence-electron chi connectivity index (χ2n) is 22.9. The van der Waals surface area contributed by atoms with Crippen LogP contribution in [0.1, 0.15) is 115 Å². The fourth-order valence-electron chi connectivity index (χ4n) is 10.0. The van der Waals surface area contributed by atoms with Crippen molar-refractivity contribution in [1.29, 1.82) is 0 Å². The summed E-state index contributed by atoms with van der Waals surface area (Å²) in [7, 11) is 7.52. The molecule has 3 aliphatic rings. The highest BCUT2D eigenvalue weighted by atomic mass is 16.5. The van der Waals surface area contributed by atoms with E-state index in [0.29, 0.717) is 54.7 Å². The van der Waals surface area contributed by atoms with E-state index >= 15 is 0 Å². The summed E-state index contributed by atoms with van der Waals surface area (Å²) < 4.78 is 35.0. The Balaban J connectivity index is 1.32. The average molecular weight is 1150 g/mol. The molecule has 6 atom stereocenters. The first-order valence-electron chi connectivity index (χ1n) is 28.3. The molecule has 2 saturated heterocycles. The smallest absolute Gasteiger partial charge is 0.330 e. The van der Waals surface area contributed by atoms with Gasteiger partial charge in [0.1, 0.15) is 48.7 Å². The Bertz CT molecular complexity index is 2850. The second kappa shape index (κ2) is 28.9. The van der Waals surface area contributed by atoms with Gasteiger partial charge in [0, 0.05) is 46.9 Å². The zero-order valence-electron chi connectivity index (χ0n) is 49.8. The fourth-order valence-corrected chi connectivity index (χ4v) is 10.0. The lowest BCUT2D eigenvalue weighted by atomic mass is 9.87. The molecule has 2 fully saturated rings. The van der Waals surface area contributed by atoms with E-state index < -0.39 is 108 Å². The molecule has 1 N–H and O–H groups in total. The van der Waals surface area contributed by atoms with Crippen LogP contribution in [0.5, 0.6) is 17.2 Å². The highest BCUT2D eigenvalue weighted by molar-refractivity contribution is 6.38. The first kappa shape index (κ1) is 64.4. The number of methoxy groups -OCH3 is 2. The third-order valence-corrected chi connectivity index (χ3v) is 15.3. The summed E-state index contributed by atoms with van der Waals surface area (Å²) in [4.78, 5) is 134. The van der Waals surface area contributed by atoms with Crippen LogP contribution in [0.3, 0.4) is 0 Å². The molecule has 0 spiro atoms. The summed E-state index contributed by atoms with van der Waals surface area (Å²) in [6.07, 6.45) is 4.79. The van der Waals surface area contributed by atoms with Gasteiger partial charge in [-0.25, -0.2) is 9.59 Å². The molecule has 0 aliphatic carbocycles. The molecule has 2 bridgehead atoms. The predicted molar refractivity (Wildman–Crippen MR) is 306 cm³/mol. The predicted octanol–water partition coefficient (Wildman–Crippen LogP) is 5.58. The maximum Gasteiger partial charge on any atom is 0.330 e. The number of fused-ring (bicyclic) bond motifs is 4. The van der Waals surface area contributed by atoms with Gasteiger partial charge in [-0.05, 0) is 134 Å². The van der Waals surface area contributed by atoms with Crippen LogP contribution in [0, 0.1) is 5.41 Å². The molecule has 0 saturated carbocycles. The van der Waals surface area contributed by atoms with Crippen LogP contribution in [0.15, 0.2) is 84.9 Å². The summed E-state index contributed by atoms with van der Waals surface area (Å²) in [5.74, 6) is -4.84. The van der Waals surface area contributed by atoms with Crippen molar-refractivity contribution in [2.75, 3.05) is 74.8 Å². The molecule has 450 valence electrons. The van der Waals surface area contributed by atoms with Crippen LogP contribution in [-0.4, -0.2) is 182 Å². The van der Waals surface area contributed by atoms with Gasteiger partial charge >= 0.3 is 11.9 Å². The number of aryl methyl sites for hydroxylation is 1. The monoisotopic (exact) mass is 1150 g/mol. The first-order chi connectivity index (χ1) is 39.3. The van der Waals surface area contributed by atoms with Crippen LogP contribution in [0.2, 0.25) is 0 Å². The van der Waals surface area contributed by atoms with Crippen molar-refractivity contribution in [3.63, 3.8) is 0 Å². The van der Waals surface area contributed by atoms with E-state index in [2.05, 4.69) is 5.32 Å². The Labute approximate surface area is 486 Å². The SMILES string of the molecule is COc1ccc(CC[C@H]2OC(=O)[C@@H]3CCCCN3C(=O)C(=O)C(C)(C)COC(=O)C=CCCN(C)C(=O)[C@@H]3CCCN3C(=O)[C@H](COC(C)(C)C)N(C)C(=O)C(c3ccccc3)NC(=O)[C@@H](C)N(C)C(=O)COc3cccc2c3)cc1OC. The van der Waals surface area contributed by atoms with Gasteiger partial charge in [-0.15, -0.1) is 0 Å². The summed E-state index contributed by atoms with van der Waals surface area (Å²) in [6, 6.07) is 14.9. The van der Waals surface area contributed by atoms with Crippen LogP contribution in [0.25, 0.3) is 0 Å². The molecule has 0 radical (unpaired) electrons. The van der Waals surface area contributed by atoms with Crippen LogP contribution < -0.4 is 19.5 Å². The van der Waals surface area contributed by atoms with Gasteiger partial charge in [0.05, 0.1) is 31.8 Å². The molecule has 3 aromatic rings. The van der Waals surface area contributed by atoms with Crippen molar-refractivity contribution in [1.82, 2.24) is 29.8 Å². The van der Waals surface area contributed by atoms with E-state index in [9.17, 15) is 43.2 Å². The Morgan fingerprint density at radius 1 is 0.711 bits per heavy atom. The number of nitrogens with zero attached hydrogens (tertiary/aromatic N) is 5. The minimum Gasteiger partial charge on any atom is -0.493 e. The lowest BCUT2D eigenvalue weighted by molar-refractivity contribution is -0.165. The maximum atomic E-state index is 14.9. The first-order valence-corrected chi connectivity index (χ1v) is 28.3. The molecule has 3 aromatic carbocycles. The number of piperidine rings is 1. The number of ether oxygens (including phenoxy) is 6. The number of ketones is 1. The zero-order chi connectivity index (χ0) is 60.8. The standard InChI is InChI=1S/C62H82N6O15/c1-40-55(72)63-53(42-21-13-12-14-22-42)58(75)66(9)47(37-82-61(2,3)4)57(74)67-34-20-26-45(67)56(73)64(7)32-17-16-27-52(70)81-39-62(5,6)54(71)59(76)68-33-18-15-25-46(68)60(77)83-48(30-28-41-29-31-49(78-10)50(35-41)79-11)43-23-19-24-44(36-43)80-38-51(69)65(40)8/h12-14,16,19,21-24,27,29,31,35-36,40,45-48,53H,15,17-18,20,25-26,28,30,32-34,37-39H2,1-11H3,(H,63,72)/t40-,45+,46+,47+,48-,53?/m1/s1. The highest BCUT2D eigenvalue weighted by Gasteiger charge is 2.44. The van der Waals surface area contributed by atoms with Crippen LogP contribution in [-0.2, 0) is 63.8 Å². The quantitative estimate of drug-likeness (QED) is 0.214. The number of carbonyl (C=O) groups is 9. The molecule has 3 aliphatic heterocycles. The number of rotatable bonds is 8. The molecule has 6 amide bonds. The molecule has 21 heteroatoms. The van der Waals surface area contributed by atoms with Gasteiger partial charge in [0.15, 0.2) is 18.1 Å². The normalized spacial score (nSPS) is 23.8. The van der Waals surface area contributed by atoms with E-state index in [4.69, 9.17) is 28.4 Å². The third-order valence-electron chi connectivity index (χ3n) is 15.3. The fraction of sp³-hybridized carbons (Fsp3) is 0.532. The van der Waals surface area contributed by atoms with Crippen molar-refractivity contribution in [3.8, 4) is 17.2 Å². The summed E-state index contributed by atoms with van der Waals surface area (Å²) in [5, 5.41) is 2.83. The summed E-state index contributed by atoms with van der Waals surface area (Å²) in [5.41, 5.74) is -0.492. The zero-order valence-corrected chi connectivity index (χ0v) is 49.8. The van der Waals surface area contributed by atoms with Gasteiger partial charge in [0.2, 0.25) is 29.4 Å². The van der Waals surface area contributed by atoms with E-state index in [-0.39, 0.29) is 57.2 Å². The van der Waals surface area contributed by atoms with E-state index in [0.717, 1.165) is 5.56 Å². The van der Waals surface area contributed by atoms with Gasteiger partial charge in [-0.1, -0.05) is 54.6 Å². The molecule has 83 heavy (non-hydrogen) atoms. The number of nitrogens with one attached hydrogen (secondary N) is 1. The molecule has 21 nitrogen and oxygen atoms in total. The number of Topliss-reactive ketones (excluding diaryl/α,β-unsaturated/α-hetero) is 1. The lowest BCUT2D eigenvalue weighted by Gasteiger charge is -2.37. The average Bonchev–Trinajstić information content (AvgIpc) is 4.25. The van der Waals surface area contributed by atoms with Gasteiger partial charge in [-0.3, -0.25) is 33.6 Å². The molecule has 0 aromatic heterocycles. The van der Waals surface area contributed by atoms with Crippen molar-refractivity contribution in [2.24, 2.45) is 5.41 Å². The van der Waals surface area contributed by atoms with Crippen LogP contribution in [0.4, 0.5) is 0 Å². The van der Waals surface area contributed by atoms with Crippen LogP contribution >= 0.6 is 0 Å². The number of hydrogen-bond donors (Lipinski definition) is 1. The van der Waals surface area contributed by atoms with Gasteiger partial charge in [0.25, 0.3) is 11.8 Å². The Hall–Kier alpha value is -7.81. The summed E-state index contributed by atoms with van der Waals surface area (Å²) >= 11 is 0. The van der Waals surface area contributed by atoms with E-state index in [1.165, 1.54) is 85.7 Å². The van der Waals surface area contributed by atoms with E-state index in [1.54, 1.807) is 67.7 Å². The molecule has 6 rings (SSSR count). The number of cyclic esters (lactones) is 2. The Morgan fingerprint density at radius 2 is 1.40 bits per heavy atom. The molecule has 3 heterocycles. The van der Waals surface area contributed by atoms with Crippen molar-refractivity contribution in [2.45, 2.75) is 135 Å². The Kier molecular flexibility index (Phi) is 22.4. The third kappa shape index (κ3) is 16.9. The van der Waals surface area contributed by atoms with Crippen molar-refractivity contribution >= 4 is 53.2 Å². The van der Waals surface area contributed by atoms with Crippen molar-refractivity contribution < 1.29 is 71.6 Å². The van der Waals surface area contributed by atoms with Gasteiger partial charge in [-0.2, -0.15) is 0 Å². The highest BCUT2D eigenvalue weighted by Crippen LogP contribution is 2.33. The largest absolute Gasteiger partial charge is 0.493 e. The Morgan fingerprint density at radius 3 is 2.10 bits per heavy atom. The van der Waals surface area contributed by atoms with Crippen molar-refractivity contribution in [3.05, 3.63) is 102 Å². The molecular formula is C62H82N6O15. The number of benzene rings is 3. The minimum absolute atomic E-state index is 0.105. The molecular weight excluding hydrogens is 1070 g/mol.